The van der Waals surface area contributed by atoms with Crippen LogP contribution in [0.5, 0.6) is 0 Å². The standard InChI is InChI=1S/C13H18OS/c1-3-4-8-11(2)14-13(15)12-9-6-5-7-10-12/h3-4,8,12H,1-2,5-7,9-10H2/b8-4-. The van der Waals surface area contributed by atoms with Gasteiger partial charge in [-0.3, -0.25) is 0 Å². The van der Waals surface area contributed by atoms with Crippen molar-refractivity contribution in [1.29, 1.82) is 0 Å². The molecule has 1 nitrogen and oxygen atoms in total. The SMILES string of the molecule is C=C/C=C\C(=C)OC(=S)C1CCCCC1. The number of hydrogen-bond donors (Lipinski definition) is 0. The molecule has 1 aliphatic rings. The molecule has 0 aromatic carbocycles. The monoisotopic (exact) mass is 222 g/mol. The summed E-state index contributed by atoms with van der Waals surface area (Å²) in [5.41, 5.74) is 0. The summed E-state index contributed by atoms with van der Waals surface area (Å²) in [4.78, 5) is 0. The van der Waals surface area contributed by atoms with Gasteiger partial charge in [-0.1, -0.05) is 44.6 Å². The first-order chi connectivity index (χ1) is 7.24. The molecule has 1 saturated carbocycles. The largest absolute Gasteiger partial charge is 0.451 e. The lowest BCUT2D eigenvalue weighted by Crippen LogP contribution is -2.17. The first-order valence-corrected chi connectivity index (χ1v) is 5.84. The van der Waals surface area contributed by atoms with E-state index in [0.29, 0.717) is 16.7 Å². The quantitative estimate of drug-likeness (QED) is 0.401. The van der Waals surface area contributed by atoms with E-state index in [1.165, 1.54) is 19.3 Å². The molecule has 0 bridgehead atoms. The third-order valence-electron chi connectivity index (χ3n) is 2.59. The fraction of sp³-hybridized carbons (Fsp3) is 0.462. The highest BCUT2D eigenvalue weighted by molar-refractivity contribution is 7.80. The van der Waals surface area contributed by atoms with Crippen LogP contribution < -0.4 is 0 Å². The van der Waals surface area contributed by atoms with Crippen molar-refractivity contribution in [2.75, 3.05) is 0 Å². The summed E-state index contributed by atoms with van der Waals surface area (Å²) in [6.07, 6.45) is 11.5. The van der Waals surface area contributed by atoms with Crippen molar-refractivity contribution in [3.05, 3.63) is 37.1 Å². The Kier molecular flexibility index (Phi) is 5.33. The van der Waals surface area contributed by atoms with Gasteiger partial charge in [0.2, 0.25) is 0 Å². The first-order valence-electron chi connectivity index (χ1n) is 5.43. The summed E-state index contributed by atoms with van der Waals surface area (Å²) in [6.45, 7) is 7.37. The van der Waals surface area contributed by atoms with Crippen LogP contribution in [0.3, 0.4) is 0 Å². The molecule has 0 heterocycles. The first kappa shape index (κ1) is 12.2. The molecule has 0 N–H and O–H groups in total. The van der Waals surface area contributed by atoms with Gasteiger partial charge in [-0.15, -0.1) is 0 Å². The van der Waals surface area contributed by atoms with Gasteiger partial charge in [-0.2, -0.15) is 0 Å². The molecule has 0 amide bonds. The Hall–Kier alpha value is -0.890. The van der Waals surface area contributed by atoms with E-state index in [2.05, 4.69) is 13.2 Å². The van der Waals surface area contributed by atoms with Crippen molar-refractivity contribution >= 4 is 17.3 Å². The smallest absolute Gasteiger partial charge is 0.170 e. The number of rotatable bonds is 4. The molecule has 0 unspecified atom stereocenters. The van der Waals surface area contributed by atoms with Gasteiger partial charge in [0.25, 0.3) is 0 Å². The molecule has 0 atom stereocenters. The second-order valence-corrected chi connectivity index (χ2v) is 4.22. The van der Waals surface area contributed by atoms with Crippen LogP contribution in [0, 0.1) is 5.92 Å². The van der Waals surface area contributed by atoms with Crippen LogP contribution in [0.1, 0.15) is 32.1 Å². The lowest BCUT2D eigenvalue weighted by Gasteiger charge is -2.22. The molecule has 0 aromatic heterocycles. The Balaban J connectivity index is 2.36. The minimum Gasteiger partial charge on any atom is -0.451 e. The fourth-order valence-electron chi connectivity index (χ4n) is 1.76. The maximum atomic E-state index is 5.49. The van der Waals surface area contributed by atoms with Crippen LogP contribution in [0.15, 0.2) is 37.1 Å². The molecule has 82 valence electrons. The van der Waals surface area contributed by atoms with Crippen molar-refractivity contribution in [3.8, 4) is 0 Å². The predicted octanol–water partition coefficient (Wildman–Crippen LogP) is 4.17. The number of allylic oxidation sites excluding steroid dienone is 3. The van der Waals surface area contributed by atoms with E-state index in [0.717, 1.165) is 12.8 Å². The number of thiocarbonyl (C=S) groups is 1. The zero-order chi connectivity index (χ0) is 11.1. The molecule has 1 aliphatic carbocycles. The lowest BCUT2D eigenvalue weighted by atomic mass is 9.90. The van der Waals surface area contributed by atoms with E-state index in [4.69, 9.17) is 17.0 Å². The Morgan fingerprint density at radius 1 is 1.27 bits per heavy atom. The van der Waals surface area contributed by atoms with E-state index >= 15 is 0 Å². The molecule has 2 heteroatoms. The van der Waals surface area contributed by atoms with Crippen LogP contribution in [-0.2, 0) is 4.74 Å². The van der Waals surface area contributed by atoms with E-state index < -0.39 is 0 Å². The summed E-state index contributed by atoms with van der Waals surface area (Å²) >= 11 is 5.26. The molecule has 0 saturated heterocycles. The summed E-state index contributed by atoms with van der Waals surface area (Å²) in [7, 11) is 0. The average molecular weight is 222 g/mol. The van der Waals surface area contributed by atoms with Crippen LogP contribution in [-0.4, -0.2) is 5.05 Å². The maximum Gasteiger partial charge on any atom is 0.170 e. The Morgan fingerprint density at radius 3 is 2.53 bits per heavy atom. The van der Waals surface area contributed by atoms with Crippen LogP contribution in [0.25, 0.3) is 0 Å². The number of ether oxygens (including phenoxy) is 1. The highest BCUT2D eigenvalue weighted by Gasteiger charge is 2.19. The van der Waals surface area contributed by atoms with E-state index in [1.807, 2.05) is 0 Å². The van der Waals surface area contributed by atoms with E-state index in [9.17, 15) is 0 Å². The molecule has 0 aromatic rings. The van der Waals surface area contributed by atoms with E-state index in [1.54, 1.807) is 18.2 Å². The second-order valence-electron chi connectivity index (χ2n) is 3.82. The summed E-state index contributed by atoms with van der Waals surface area (Å²) < 4.78 is 5.49. The van der Waals surface area contributed by atoms with Crippen LogP contribution in [0.4, 0.5) is 0 Å². The van der Waals surface area contributed by atoms with Gasteiger partial charge in [0.15, 0.2) is 5.05 Å². The zero-order valence-electron chi connectivity index (χ0n) is 9.08. The van der Waals surface area contributed by atoms with Gasteiger partial charge in [0.05, 0.1) is 0 Å². The van der Waals surface area contributed by atoms with Crippen LogP contribution >= 0.6 is 12.2 Å². The third-order valence-corrected chi connectivity index (χ3v) is 3.01. The molecule has 15 heavy (non-hydrogen) atoms. The fourth-order valence-corrected chi connectivity index (χ4v) is 2.10. The Morgan fingerprint density at radius 2 is 1.93 bits per heavy atom. The van der Waals surface area contributed by atoms with Crippen molar-refractivity contribution in [2.24, 2.45) is 5.92 Å². The van der Waals surface area contributed by atoms with Gasteiger partial charge < -0.3 is 4.74 Å². The predicted molar refractivity (Wildman–Crippen MR) is 68.7 cm³/mol. The Labute approximate surface area is 97.5 Å². The summed E-state index contributed by atoms with van der Waals surface area (Å²) in [5.74, 6) is 1.05. The van der Waals surface area contributed by atoms with Gasteiger partial charge in [-0.25, -0.2) is 0 Å². The van der Waals surface area contributed by atoms with Crippen molar-refractivity contribution in [1.82, 2.24) is 0 Å². The average Bonchev–Trinajstić information content (AvgIpc) is 2.27. The molecule has 1 fully saturated rings. The highest BCUT2D eigenvalue weighted by atomic mass is 32.1. The molecular formula is C13H18OS. The molecular weight excluding hydrogens is 204 g/mol. The second kappa shape index (κ2) is 6.57. The highest BCUT2D eigenvalue weighted by Crippen LogP contribution is 2.26. The van der Waals surface area contributed by atoms with Gasteiger partial charge in [-0.05, 0) is 31.1 Å². The minimum atomic E-state index is 0.447. The Bertz CT molecular complexity index is 272. The lowest BCUT2D eigenvalue weighted by molar-refractivity contribution is 0.356. The van der Waals surface area contributed by atoms with Gasteiger partial charge in [0, 0.05) is 5.92 Å². The molecule has 0 aliphatic heterocycles. The van der Waals surface area contributed by atoms with E-state index in [-0.39, 0.29) is 0 Å². The molecule has 0 spiro atoms. The molecule has 1 rings (SSSR count). The normalized spacial score (nSPS) is 17.6. The van der Waals surface area contributed by atoms with Crippen molar-refractivity contribution < 1.29 is 4.74 Å². The topological polar surface area (TPSA) is 9.23 Å². The summed E-state index contributed by atoms with van der Waals surface area (Å²) in [5, 5.41) is 0.702. The summed E-state index contributed by atoms with van der Waals surface area (Å²) in [6, 6.07) is 0. The van der Waals surface area contributed by atoms with Crippen molar-refractivity contribution in [3.63, 3.8) is 0 Å². The van der Waals surface area contributed by atoms with Gasteiger partial charge >= 0.3 is 0 Å². The minimum absolute atomic E-state index is 0.447. The maximum absolute atomic E-state index is 5.49. The van der Waals surface area contributed by atoms with Gasteiger partial charge in [0.1, 0.15) is 5.76 Å². The third kappa shape index (κ3) is 4.43. The van der Waals surface area contributed by atoms with Crippen molar-refractivity contribution in [2.45, 2.75) is 32.1 Å². The molecule has 0 radical (unpaired) electrons. The number of hydrogen-bond acceptors (Lipinski definition) is 2. The van der Waals surface area contributed by atoms with Crippen LogP contribution in [0.2, 0.25) is 0 Å². The zero-order valence-corrected chi connectivity index (χ0v) is 9.89.